The molecular weight excluding hydrogens is 174 g/mol. The van der Waals surface area contributed by atoms with Crippen molar-refractivity contribution in [1.82, 2.24) is 5.32 Å². The van der Waals surface area contributed by atoms with Gasteiger partial charge in [0.2, 0.25) is 0 Å². The molecule has 76 valence electrons. The number of ether oxygens (including phenoxy) is 1. The zero-order chi connectivity index (χ0) is 9.80. The molecule has 1 N–H and O–H groups in total. The molecule has 1 saturated heterocycles. The highest BCUT2D eigenvalue weighted by atomic mass is 16.5. The first-order chi connectivity index (χ1) is 6.86. The molecule has 0 atom stereocenters. The van der Waals surface area contributed by atoms with E-state index in [1.165, 1.54) is 11.1 Å². The zero-order valence-corrected chi connectivity index (χ0v) is 8.62. The van der Waals surface area contributed by atoms with Gasteiger partial charge in [0.25, 0.3) is 0 Å². The topological polar surface area (TPSA) is 21.3 Å². The Morgan fingerprint density at radius 2 is 2.14 bits per heavy atom. The Balaban J connectivity index is 1.76. The first-order valence-corrected chi connectivity index (χ1v) is 5.23. The average Bonchev–Trinajstić information content (AvgIpc) is 2.12. The van der Waals surface area contributed by atoms with Crippen molar-refractivity contribution in [2.75, 3.05) is 19.7 Å². The number of aryl methyl sites for hydroxylation is 1. The van der Waals surface area contributed by atoms with Crippen LogP contribution in [0, 0.1) is 6.92 Å². The van der Waals surface area contributed by atoms with E-state index in [-0.39, 0.29) is 0 Å². The summed E-state index contributed by atoms with van der Waals surface area (Å²) in [7, 11) is 0. The second-order valence-electron chi connectivity index (χ2n) is 3.83. The number of hydrogen-bond acceptors (Lipinski definition) is 2. The fourth-order valence-electron chi connectivity index (χ4n) is 1.61. The van der Waals surface area contributed by atoms with Crippen molar-refractivity contribution in [3.05, 3.63) is 35.4 Å². The first-order valence-electron chi connectivity index (χ1n) is 5.23. The molecule has 1 fully saturated rings. The van der Waals surface area contributed by atoms with Crippen molar-refractivity contribution >= 4 is 0 Å². The highest BCUT2D eigenvalue weighted by Gasteiger charge is 2.16. The van der Waals surface area contributed by atoms with Crippen molar-refractivity contribution in [3.63, 3.8) is 0 Å². The van der Waals surface area contributed by atoms with Gasteiger partial charge in [-0.25, -0.2) is 0 Å². The summed E-state index contributed by atoms with van der Waals surface area (Å²) in [6.45, 7) is 5.04. The fraction of sp³-hybridized carbons (Fsp3) is 0.500. The molecule has 0 aromatic heterocycles. The van der Waals surface area contributed by atoms with Gasteiger partial charge in [-0.15, -0.1) is 0 Å². The lowest BCUT2D eigenvalue weighted by molar-refractivity contribution is 0.0207. The van der Waals surface area contributed by atoms with Crippen LogP contribution in [0.1, 0.15) is 11.1 Å². The molecule has 2 heteroatoms. The monoisotopic (exact) mass is 191 g/mol. The van der Waals surface area contributed by atoms with Crippen molar-refractivity contribution in [3.8, 4) is 0 Å². The highest BCUT2D eigenvalue weighted by Crippen LogP contribution is 2.08. The molecule has 0 amide bonds. The SMILES string of the molecule is Cc1ccccc1CCOC1CNC1. The summed E-state index contributed by atoms with van der Waals surface area (Å²) in [6.07, 6.45) is 1.49. The Hall–Kier alpha value is -0.860. The summed E-state index contributed by atoms with van der Waals surface area (Å²) in [5, 5.41) is 3.20. The van der Waals surface area contributed by atoms with Gasteiger partial charge in [-0.3, -0.25) is 0 Å². The van der Waals surface area contributed by atoms with Crippen molar-refractivity contribution < 1.29 is 4.74 Å². The summed E-state index contributed by atoms with van der Waals surface area (Å²) in [5.74, 6) is 0. The third-order valence-electron chi connectivity index (χ3n) is 2.73. The van der Waals surface area contributed by atoms with E-state index in [0.29, 0.717) is 6.10 Å². The van der Waals surface area contributed by atoms with Gasteiger partial charge in [0.05, 0.1) is 12.7 Å². The summed E-state index contributed by atoms with van der Waals surface area (Å²) < 4.78 is 5.67. The summed E-state index contributed by atoms with van der Waals surface area (Å²) in [6, 6.07) is 8.50. The lowest BCUT2D eigenvalue weighted by atomic mass is 10.1. The maximum atomic E-state index is 5.67. The van der Waals surface area contributed by atoms with Gasteiger partial charge in [0.15, 0.2) is 0 Å². The van der Waals surface area contributed by atoms with Crippen LogP contribution < -0.4 is 5.32 Å². The Bertz CT molecular complexity index is 294. The molecule has 1 aliphatic rings. The number of nitrogens with one attached hydrogen (secondary N) is 1. The highest BCUT2D eigenvalue weighted by molar-refractivity contribution is 5.25. The minimum absolute atomic E-state index is 0.457. The predicted molar refractivity (Wildman–Crippen MR) is 57.5 cm³/mol. The summed E-state index contributed by atoms with van der Waals surface area (Å²) in [5.41, 5.74) is 2.77. The van der Waals surface area contributed by atoms with Crippen LogP contribution in [0.3, 0.4) is 0 Å². The van der Waals surface area contributed by atoms with Crippen molar-refractivity contribution in [1.29, 1.82) is 0 Å². The standard InChI is InChI=1S/C12H17NO/c1-10-4-2-3-5-11(10)6-7-14-12-8-13-9-12/h2-5,12-13H,6-9H2,1H3. The second kappa shape index (κ2) is 4.58. The Kier molecular flexibility index (Phi) is 3.17. The van der Waals surface area contributed by atoms with Gasteiger partial charge >= 0.3 is 0 Å². The molecule has 1 heterocycles. The quantitative estimate of drug-likeness (QED) is 0.779. The molecule has 14 heavy (non-hydrogen) atoms. The van der Waals surface area contributed by atoms with Crippen molar-refractivity contribution in [2.24, 2.45) is 0 Å². The van der Waals surface area contributed by atoms with E-state index in [1.807, 2.05) is 0 Å². The first kappa shape index (κ1) is 9.69. The van der Waals surface area contributed by atoms with E-state index < -0.39 is 0 Å². The molecule has 2 rings (SSSR count). The smallest absolute Gasteiger partial charge is 0.0823 e. The van der Waals surface area contributed by atoms with Gasteiger partial charge in [0, 0.05) is 13.1 Å². The minimum Gasteiger partial charge on any atom is -0.375 e. The normalized spacial score (nSPS) is 16.6. The zero-order valence-electron chi connectivity index (χ0n) is 8.62. The third kappa shape index (κ3) is 2.34. The molecule has 0 aliphatic carbocycles. The molecule has 2 nitrogen and oxygen atoms in total. The van der Waals surface area contributed by atoms with Crippen LogP contribution in [0.2, 0.25) is 0 Å². The van der Waals surface area contributed by atoms with Crippen LogP contribution >= 0.6 is 0 Å². The predicted octanol–water partition coefficient (Wildman–Crippen LogP) is 1.53. The molecule has 1 aromatic carbocycles. The molecule has 0 radical (unpaired) electrons. The van der Waals surface area contributed by atoms with E-state index in [9.17, 15) is 0 Å². The van der Waals surface area contributed by atoms with E-state index in [0.717, 1.165) is 26.1 Å². The number of benzene rings is 1. The second-order valence-corrected chi connectivity index (χ2v) is 3.83. The van der Waals surface area contributed by atoms with Crippen LogP contribution in [-0.4, -0.2) is 25.8 Å². The van der Waals surface area contributed by atoms with E-state index >= 15 is 0 Å². The number of rotatable bonds is 4. The van der Waals surface area contributed by atoms with Crippen molar-refractivity contribution in [2.45, 2.75) is 19.4 Å². The molecular formula is C12H17NO. The molecule has 1 aromatic rings. The molecule has 0 unspecified atom stereocenters. The Morgan fingerprint density at radius 1 is 1.36 bits per heavy atom. The lowest BCUT2D eigenvalue weighted by Gasteiger charge is -2.27. The maximum Gasteiger partial charge on any atom is 0.0823 e. The molecule has 0 spiro atoms. The molecule has 0 bridgehead atoms. The minimum atomic E-state index is 0.457. The van der Waals surface area contributed by atoms with E-state index in [1.54, 1.807) is 0 Å². The van der Waals surface area contributed by atoms with Gasteiger partial charge in [0.1, 0.15) is 0 Å². The van der Waals surface area contributed by atoms with Crippen LogP contribution in [-0.2, 0) is 11.2 Å². The third-order valence-corrected chi connectivity index (χ3v) is 2.73. The van der Waals surface area contributed by atoms with Crippen LogP contribution in [0.25, 0.3) is 0 Å². The summed E-state index contributed by atoms with van der Waals surface area (Å²) in [4.78, 5) is 0. The summed E-state index contributed by atoms with van der Waals surface area (Å²) >= 11 is 0. The van der Waals surface area contributed by atoms with Gasteiger partial charge in [-0.05, 0) is 24.5 Å². The van der Waals surface area contributed by atoms with E-state index in [4.69, 9.17) is 4.74 Å². The molecule has 1 aliphatic heterocycles. The van der Waals surface area contributed by atoms with Crippen LogP contribution in [0.5, 0.6) is 0 Å². The Labute approximate surface area is 85.3 Å². The molecule has 0 saturated carbocycles. The van der Waals surface area contributed by atoms with Gasteiger partial charge in [-0.1, -0.05) is 24.3 Å². The van der Waals surface area contributed by atoms with Crippen LogP contribution in [0.15, 0.2) is 24.3 Å². The number of hydrogen-bond donors (Lipinski definition) is 1. The lowest BCUT2D eigenvalue weighted by Crippen LogP contribution is -2.48. The average molecular weight is 191 g/mol. The largest absolute Gasteiger partial charge is 0.375 e. The van der Waals surface area contributed by atoms with Gasteiger partial charge < -0.3 is 10.1 Å². The van der Waals surface area contributed by atoms with Gasteiger partial charge in [-0.2, -0.15) is 0 Å². The van der Waals surface area contributed by atoms with Crippen LogP contribution in [0.4, 0.5) is 0 Å². The fourth-order valence-corrected chi connectivity index (χ4v) is 1.61. The maximum absolute atomic E-state index is 5.67. The Morgan fingerprint density at radius 3 is 2.79 bits per heavy atom. The van der Waals surface area contributed by atoms with E-state index in [2.05, 4.69) is 36.5 Å².